The maximum atomic E-state index is 12.2. The summed E-state index contributed by atoms with van der Waals surface area (Å²) in [6.45, 7) is 6.18. The first-order valence-electron chi connectivity index (χ1n) is 11.7. The van der Waals surface area contributed by atoms with Gasteiger partial charge in [0.2, 0.25) is 0 Å². The van der Waals surface area contributed by atoms with Crippen LogP contribution in [0.2, 0.25) is 0 Å². The van der Waals surface area contributed by atoms with E-state index in [1.807, 2.05) is 51.1 Å². The number of nitrogens with zero attached hydrogens (tertiary/aromatic N) is 1. The first kappa shape index (κ1) is 25.7. The van der Waals surface area contributed by atoms with Crippen LogP contribution in [0.15, 0.2) is 46.9 Å². The summed E-state index contributed by atoms with van der Waals surface area (Å²) < 4.78 is 12.2. The summed E-state index contributed by atoms with van der Waals surface area (Å²) in [5, 5.41) is 23.9. The second-order valence-corrected chi connectivity index (χ2v) is 9.75. The number of pyridine rings is 1. The van der Waals surface area contributed by atoms with E-state index in [0.717, 1.165) is 47.8 Å². The van der Waals surface area contributed by atoms with E-state index < -0.39 is 11.6 Å². The van der Waals surface area contributed by atoms with Gasteiger partial charge in [-0.15, -0.1) is 0 Å². The third-order valence-electron chi connectivity index (χ3n) is 7.08. The number of ether oxygens (including phenoxy) is 1. The normalized spacial score (nSPS) is 20.1. The van der Waals surface area contributed by atoms with E-state index in [4.69, 9.17) is 14.1 Å². The summed E-state index contributed by atoms with van der Waals surface area (Å²) in [6, 6.07) is 12.9. The van der Waals surface area contributed by atoms with Crippen molar-refractivity contribution < 1.29 is 53.7 Å². The molecule has 35 heavy (non-hydrogen) atoms. The van der Waals surface area contributed by atoms with Crippen LogP contribution in [-0.4, -0.2) is 28.3 Å². The molecule has 2 heterocycles. The molecule has 0 bridgehead atoms. The van der Waals surface area contributed by atoms with Crippen molar-refractivity contribution in [2.24, 2.45) is 5.92 Å². The Morgan fingerprint density at radius 3 is 2.60 bits per heavy atom. The molecule has 1 fully saturated rings. The molecule has 6 nitrogen and oxygen atoms in total. The molecule has 176 valence electrons. The third kappa shape index (κ3) is 4.98. The Labute approximate surface area is 226 Å². The van der Waals surface area contributed by atoms with Crippen LogP contribution in [-0.2, 0) is 0 Å². The number of rotatable bonds is 5. The minimum atomic E-state index is -1.29. The van der Waals surface area contributed by atoms with E-state index in [0.29, 0.717) is 40.6 Å². The zero-order valence-electron chi connectivity index (χ0n) is 20.7. The fraction of sp³-hybridized carbons (Fsp3) is 0.357. The molecule has 2 aromatic carbocycles. The number of aliphatic hydroxyl groups is 1. The number of para-hydroxylation sites is 1. The van der Waals surface area contributed by atoms with Gasteiger partial charge in [-0.25, -0.2) is 4.98 Å². The van der Waals surface area contributed by atoms with Gasteiger partial charge in [-0.3, -0.25) is 0 Å². The van der Waals surface area contributed by atoms with Gasteiger partial charge < -0.3 is 24.2 Å². The van der Waals surface area contributed by atoms with Gasteiger partial charge in [-0.05, 0) is 76.1 Å². The molecule has 1 saturated carbocycles. The molecule has 1 aliphatic rings. The standard InChI is InChI=1S/C28H29NO5.Na/c1-16-8-9-23(33-15-18-10-12-28(3,32)13-11-18)24-20(27(30)31)14-21(29-25(16)24)26-17(2)19-6-4-5-7-22(19)34-26;/h4-9,14,18,32H,10-13,15H2,1-3H3,(H,30,31);/q;+1/p-1. The van der Waals surface area contributed by atoms with Crippen molar-refractivity contribution in [1.82, 2.24) is 4.98 Å². The average molecular weight is 482 g/mol. The Morgan fingerprint density at radius 1 is 1.20 bits per heavy atom. The summed E-state index contributed by atoms with van der Waals surface area (Å²) in [5.41, 5.74) is 2.91. The van der Waals surface area contributed by atoms with Gasteiger partial charge in [0.25, 0.3) is 0 Å². The van der Waals surface area contributed by atoms with Gasteiger partial charge in [0.05, 0.1) is 29.1 Å². The second-order valence-electron chi connectivity index (χ2n) is 9.75. The van der Waals surface area contributed by atoms with Gasteiger partial charge >= 0.3 is 29.6 Å². The first-order valence-corrected chi connectivity index (χ1v) is 11.7. The quantitative estimate of drug-likeness (QED) is 0.438. The van der Waals surface area contributed by atoms with Crippen molar-refractivity contribution in [2.45, 2.75) is 52.1 Å². The van der Waals surface area contributed by atoms with Crippen molar-refractivity contribution >= 4 is 27.8 Å². The number of benzene rings is 2. The summed E-state index contributed by atoms with van der Waals surface area (Å²) >= 11 is 0. The third-order valence-corrected chi connectivity index (χ3v) is 7.08. The Morgan fingerprint density at radius 2 is 1.91 bits per heavy atom. The smallest absolute Gasteiger partial charge is 0.545 e. The van der Waals surface area contributed by atoms with E-state index in [9.17, 15) is 15.0 Å². The van der Waals surface area contributed by atoms with Crippen LogP contribution in [0, 0.1) is 19.8 Å². The van der Waals surface area contributed by atoms with Crippen LogP contribution in [0.4, 0.5) is 0 Å². The van der Waals surface area contributed by atoms with Crippen molar-refractivity contribution in [3.63, 3.8) is 0 Å². The first-order chi connectivity index (χ1) is 16.2. The monoisotopic (exact) mass is 481 g/mol. The molecular weight excluding hydrogens is 453 g/mol. The molecule has 1 N–H and O–H groups in total. The number of carboxylic acids is 1. The van der Waals surface area contributed by atoms with Gasteiger partial charge in [0.1, 0.15) is 17.0 Å². The van der Waals surface area contributed by atoms with E-state index in [1.54, 1.807) is 6.07 Å². The molecule has 4 aromatic rings. The van der Waals surface area contributed by atoms with E-state index >= 15 is 0 Å². The number of aromatic nitrogens is 1. The van der Waals surface area contributed by atoms with Gasteiger partial charge in [-0.2, -0.15) is 0 Å². The fourth-order valence-electron chi connectivity index (χ4n) is 4.93. The van der Waals surface area contributed by atoms with Crippen LogP contribution in [0.3, 0.4) is 0 Å². The molecule has 5 rings (SSSR count). The zero-order valence-corrected chi connectivity index (χ0v) is 22.7. The number of hydrogen-bond donors (Lipinski definition) is 1. The largest absolute Gasteiger partial charge is 1.00 e. The molecule has 2 aromatic heterocycles. The van der Waals surface area contributed by atoms with Gasteiger partial charge in [0, 0.05) is 16.5 Å². The van der Waals surface area contributed by atoms with E-state index in [2.05, 4.69) is 0 Å². The molecule has 0 amide bonds. The van der Waals surface area contributed by atoms with Crippen molar-refractivity contribution in [3.05, 3.63) is 59.2 Å². The number of carbonyl (C=O) groups excluding carboxylic acids is 1. The number of aromatic carboxylic acids is 1. The van der Waals surface area contributed by atoms with Crippen LogP contribution in [0.1, 0.15) is 54.1 Å². The fourth-order valence-corrected chi connectivity index (χ4v) is 4.93. The van der Waals surface area contributed by atoms with E-state index in [1.165, 1.54) is 6.07 Å². The van der Waals surface area contributed by atoms with Crippen LogP contribution in [0.25, 0.3) is 33.3 Å². The average Bonchev–Trinajstić information content (AvgIpc) is 3.15. The minimum Gasteiger partial charge on any atom is -0.545 e. The molecule has 0 radical (unpaired) electrons. The molecule has 0 atom stereocenters. The molecule has 0 spiro atoms. The van der Waals surface area contributed by atoms with Gasteiger partial charge in [-0.1, -0.05) is 24.3 Å². The topological polar surface area (TPSA) is 95.6 Å². The minimum absolute atomic E-state index is 0. The Hall–Kier alpha value is -2.38. The van der Waals surface area contributed by atoms with Crippen LogP contribution >= 0.6 is 0 Å². The van der Waals surface area contributed by atoms with Gasteiger partial charge in [0.15, 0.2) is 5.76 Å². The van der Waals surface area contributed by atoms with E-state index in [-0.39, 0.29) is 35.1 Å². The van der Waals surface area contributed by atoms with Crippen LogP contribution in [0.5, 0.6) is 5.75 Å². The maximum absolute atomic E-state index is 12.2. The summed E-state index contributed by atoms with van der Waals surface area (Å²) in [5.74, 6) is 0.0584. The molecule has 0 unspecified atom stereocenters. The SMILES string of the molecule is Cc1c(-c2cc(C(=O)[O-])c3c(OCC4CCC(C)(O)CC4)ccc(C)c3n2)oc2ccccc12.[Na+]. The van der Waals surface area contributed by atoms with Crippen molar-refractivity contribution in [1.29, 1.82) is 0 Å². The number of furan rings is 1. The second kappa shape index (κ2) is 9.94. The Bertz CT molecular complexity index is 1400. The number of hydrogen-bond acceptors (Lipinski definition) is 6. The number of fused-ring (bicyclic) bond motifs is 2. The summed E-state index contributed by atoms with van der Waals surface area (Å²) in [6.07, 6.45) is 3.22. The van der Waals surface area contributed by atoms with Crippen molar-refractivity contribution in [2.75, 3.05) is 6.61 Å². The predicted molar refractivity (Wildman–Crippen MR) is 129 cm³/mol. The summed E-state index contributed by atoms with van der Waals surface area (Å²) in [4.78, 5) is 17.1. The molecule has 0 aliphatic heterocycles. The Balaban J connectivity index is 0.00000289. The molecular formula is C28H28NNaO5. The Kier molecular flexibility index (Phi) is 7.30. The number of carbonyl (C=O) groups is 1. The predicted octanol–water partition coefficient (Wildman–Crippen LogP) is 1.95. The molecule has 0 saturated heterocycles. The summed E-state index contributed by atoms with van der Waals surface area (Å²) in [7, 11) is 0. The maximum Gasteiger partial charge on any atom is 1.00 e. The number of carboxylic acid groups (broad SMARTS) is 1. The van der Waals surface area contributed by atoms with Crippen LogP contribution < -0.4 is 39.4 Å². The molecule has 7 heteroatoms. The molecule has 1 aliphatic carbocycles. The van der Waals surface area contributed by atoms with Crippen molar-refractivity contribution in [3.8, 4) is 17.2 Å². The zero-order chi connectivity index (χ0) is 24.0. The number of aryl methyl sites for hydroxylation is 2.